The van der Waals surface area contributed by atoms with Gasteiger partial charge < -0.3 is 10.2 Å². The lowest BCUT2D eigenvalue weighted by Gasteiger charge is -2.31. The van der Waals surface area contributed by atoms with Crippen LogP contribution in [0.5, 0.6) is 0 Å². The number of carbonyl (C=O) groups excluding carboxylic acids is 2. The maximum atomic E-state index is 12.9. The summed E-state index contributed by atoms with van der Waals surface area (Å²) in [4.78, 5) is 26.6. The average Bonchev–Trinajstić information content (AvgIpc) is 2.63. The summed E-state index contributed by atoms with van der Waals surface area (Å²) < 4.78 is 12.9. The molecule has 1 N–H and O–H groups in total. The summed E-state index contributed by atoms with van der Waals surface area (Å²) in [6, 6.07) is 12.2. The summed E-state index contributed by atoms with van der Waals surface area (Å²) in [6.45, 7) is 3.73. The molecule has 5 heteroatoms. The zero-order valence-corrected chi connectivity index (χ0v) is 14.2. The van der Waals surface area contributed by atoms with Crippen LogP contribution in [-0.2, 0) is 0 Å². The third-order valence-electron chi connectivity index (χ3n) is 4.44. The summed E-state index contributed by atoms with van der Waals surface area (Å²) in [6.07, 6.45) is 2.19. The predicted octanol–water partition coefficient (Wildman–Crippen LogP) is 3.95. The topological polar surface area (TPSA) is 49.4 Å². The highest BCUT2D eigenvalue weighted by atomic mass is 19.1. The van der Waals surface area contributed by atoms with E-state index in [9.17, 15) is 14.0 Å². The van der Waals surface area contributed by atoms with Gasteiger partial charge in [-0.15, -0.1) is 0 Å². The fourth-order valence-corrected chi connectivity index (χ4v) is 3.06. The number of nitrogens with one attached hydrogen (secondary N) is 1. The molecule has 2 aromatic carbocycles. The molecule has 3 rings (SSSR count). The Morgan fingerprint density at radius 2 is 1.68 bits per heavy atom. The van der Waals surface area contributed by atoms with Crippen molar-refractivity contribution in [3.05, 3.63) is 65.5 Å². The number of anilines is 1. The molecule has 1 atom stereocenters. The van der Waals surface area contributed by atoms with Gasteiger partial charge in [0.25, 0.3) is 11.8 Å². The summed E-state index contributed by atoms with van der Waals surface area (Å²) in [5.41, 5.74) is 1.56. The van der Waals surface area contributed by atoms with Gasteiger partial charge in [0.05, 0.1) is 0 Å². The highest BCUT2D eigenvalue weighted by Gasteiger charge is 2.22. The number of amides is 2. The number of likely N-dealkylation sites (tertiary alicyclic amines) is 1. The maximum absolute atomic E-state index is 12.9. The Bertz CT molecular complexity index is 756. The van der Waals surface area contributed by atoms with Gasteiger partial charge in [-0.2, -0.15) is 0 Å². The highest BCUT2D eigenvalue weighted by Crippen LogP contribution is 2.18. The van der Waals surface area contributed by atoms with E-state index in [1.54, 1.807) is 24.3 Å². The van der Waals surface area contributed by atoms with Crippen molar-refractivity contribution in [1.29, 1.82) is 0 Å². The van der Waals surface area contributed by atoms with Gasteiger partial charge in [-0.05, 0) is 67.3 Å². The van der Waals surface area contributed by atoms with E-state index in [1.807, 2.05) is 4.90 Å². The molecule has 1 aliphatic rings. The van der Waals surface area contributed by atoms with Crippen LogP contribution < -0.4 is 5.32 Å². The molecular weight excluding hydrogens is 319 g/mol. The second-order valence-corrected chi connectivity index (χ2v) is 6.54. The van der Waals surface area contributed by atoms with Crippen molar-refractivity contribution in [2.24, 2.45) is 5.92 Å². The van der Waals surface area contributed by atoms with Crippen LogP contribution >= 0.6 is 0 Å². The lowest BCUT2D eigenvalue weighted by molar-refractivity contribution is 0.0682. The smallest absolute Gasteiger partial charge is 0.255 e. The molecular formula is C20H21FN2O2. The van der Waals surface area contributed by atoms with Crippen LogP contribution in [0.2, 0.25) is 0 Å². The maximum Gasteiger partial charge on any atom is 0.255 e. The molecule has 130 valence electrons. The van der Waals surface area contributed by atoms with Crippen LogP contribution in [0.3, 0.4) is 0 Å². The summed E-state index contributed by atoms with van der Waals surface area (Å²) >= 11 is 0. The molecule has 1 fully saturated rings. The molecule has 2 aromatic rings. The summed E-state index contributed by atoms with van der Waals surface area (Å²) in [5, 5.41) is 2.70. The minimum atomic E-state index is -0.354. The van der Waals surface area contributed by atoms with Crippen LogP contribution in [0.15, 0.2) is 48.5 Å². The fraction of sp³-hybridized carbons (Fsp3) is 0.300. The summed E-state index contributed by atoms with van der Waals surface area (Å²) in [7, 11) is 0. The third kappa shape index (κ3) is 4.24. The lowest BCUT2D eigenvalue weighted by atomic mass is 9.99. The number of halogens is 1. The molecule has 1 aliphatic heterocycles. The van der Waals surface area contributed by atoms with E-state index >= 15 is 0 Å². The minimum absolute atomic E-state index is 0.0112. The van der Waals surface area contributed by atoms with Crippen LogP contribution in [0.25, 0.3) is 0 Å². The minimum Gasteiger partial charge on any atom is -0.338 e. The third-order valence-corrected chi connectivity index (χ3v) is 4.44. The molecule has 4 nitrogen and oxygen atoms in total. The van der Waals surface area contributed by atoms with Crippen molar-refractivity contribution in [1.82, 2.24) is 4.90 Å². The predicted molar refractivity (Wildman–Crippen MR) is 95.1 cm³/mol. The van der Waals surface area contributed by atoms with Crippen molar-refractivity contribution in [3.8, 4) is 0 Å². The van der Waals surface area contributed by atoms with Crippen molar-refractivity contribution in [2.75, 3.05) is 18.4 Å². The van der Waals surface area contributed by atoms with Gasteiger partial charge in [0.2, 0.25) is 0 Å². The van der Waals surface area contributed by atoms with Crippen molar-refractivity contribution < 1.29 is 14.0 Å². The Morgan fingerprint density at radius 1 is 1.04 bits per heavy atom. The number of benzene rings is 2. The van der Waals surface area contributed by atoms with E-state index in [4.69, 9.17) is 0 Å². The van der Waals surface area contributed by atoms with Gasteiger partial charge in [0, 0.05) is 29.9 Å². The molecule has 0 saturated carbocycles. The first-order valence-electron chi connectivity index (χ1n) is 8.49. The zero-order chi connectivity index (χ0) is 17.8. The van der Waals surface area contributed by atoms with Gasteiger partial charge in [0.1, 0.15) is 5.82 Å². The van der Waals surface area contributed by atoms with Gasteiger partial charge in [-0.1, -0.05) is 6.92 Å². The van der Waals surface area contributed by atoms with Gasteiger partial charge in [-0.3, -0.25) is 9.59 Å². The molecule has 25 heavy (non-hydrogen) atoms. The standard InChI is InChI=1S/C20H21FN2O2/c1-14-3-2-12-23(13-14)20(25)16-6-4-15(5-7-16)19(24)22-18-10-8-17(21)9-11-18/h4-11,14H,2-3,12-13H2,1H3,(H,22,24). The van der Waals surface area contributed by atoms with Gasteiger partial charge in [0.15, 0.2) is 0 Å². The van der Waals surface area contributed by atoms with Gasteiger partial charge >= 0.3 is 0 Å². The lowest BCUT2D eigenvalue weighted by Crippen LogP contribution is -2.39. The van der Waals surface area contributed by atoms with E-state index in [0.717, 1.165) is 25.9 Å². The van der Waals surface area contributed by atoms with E-state index in [0.29, 0.717) is 22.7 Å². The van der Waals surface area contributed by atoms with Crippen LogP contribution in [0, 0.1) is 11.7 Å². The molecule has 0 bridgehead atoms. The number of hydrogen-bond donors (Lipinski definition) is 1. The molecule has 0 aliphatic carbocycles. The van der Waals surface area contributed by atoms with Gasteiger partial charge in [-0.25, -0.2) is 4.39 Å². The van der Waals surface area contributed by atoms with Crippen LogP contribution in [0.4, 0.5) is 10.1 Å². The molecule has 0 radical (unpaired) electrons. The summed E-state index contributed by atoms with van der Waals surface area (Å²) in [5.74, 6) is -0.111. The molecule has 1 saturated heterocycles. The van der Waals surface area contributed by atoms with E-state index in [1.165, 1.54) is 24.3 Å². The first-order chi connectivity index (χ1) is 12.0. The Kier molecular flexibility index (Phi) is 5.12. The molecule has 1 unspecified atom stereocenters. The van der Waals surface area contributed by atoms with E-state index in [-0.39, 0.29) is 17.6 Å². The Hall–Kier alpha value is -2.69. The second-order valence-electron chi connectivity index (χ2n) is 6.54. The second kappa shape index (κ2) is 7.47. The first-order valence-corrected chi connectivity index (χ1v) is 8.49. The van der Waals surface area contributed by atoms with E-state index < -0.39 is 0 Å². The van der Waals surface area contributed by atoms with Crippen molar-refractivity contribution in [2.45, 2.75) is 19.8 Å². The van der Waals surface area contributed by atoms with Crippen LogP contribution in [0.1, 0.15) is 40.5 Å². The largest absolute Gasteiger partial charge is 0.338 e. The Morgan fingerprint density at radius 3 is 2.32 bits per heavy atom. The Balaban J connectivity index is 1.66. The van der Waals surface area contributed by atoms with E-state index in [2.05, 4.69) is 12.2 Å². The fourth-order valence-electron chi connectivity index (χ4n) is 3.06. The number of hydrogen-bond acceptors (Lipinski definition) is 2. The molecule has 0 spiro atoms. The number of nitrogens with zero attached hydrogens (tertiary/aromatic N) is 1. The first kappa shape index (κ1) is 17.1. The zero-order valence-electron chi connectivity index (χ0n) is 14.2. The molecule has 0 aromatic heterocycles. The number of rotatable bonds is 3. The van der Waals surface area contributed by atoms with Crippen molar-refractivity contribution >= 4 is 17.5 Å². The molecule has 2 amide bonds. The normalized spacial score (nSPS) is 17.2. The SMILES string of the molecule is CC1CCCN(C(=O)c2ccc(C(=O)Nc3ccc(F)cc3)cc2)C1. The number of carbonyl (C=O) groups is 2. The molecule has 1 heterocycles. The quantitative estimate of drug-likeness (QED) is 0.920. The van der Waals surface area contributed by atoms with Crippen LogP contribution in [-0.4, -0.2) is 29.8 Å². The van der Waals surface area contributed by atoms with Crippen molar-refractivity contribution in [3.63, 3.8) is 0 Å². The monoisotopic (exact) mass is 340 g/mol. The number of piperidine rings is 1. The highest BCUT2D eigenvalue weighted by molar-refractivity contribution is 6.05. The Labute approximate surface area is 146 Å². The average molecular weight is 340 g/mol.